The first kappa shape index (κ1) is 14.1. The molecule has 2 fully saturated rings. The molecule has 4 atom stereocenters. The van der Waals surface area contributed by atoms with E-state index in [-0.39, 0.29) is 23.8 Å². The molecule has 2 aliphatic rings. The van der Waals surface area contributed by atoms with Crippen molar-refractivity contribution >= 4 is 11.9 Å². The molecule has 21 heavy (non-hydrogen) atoms. The number of carbonyl (C=O) groups excluding carboxylic acids is 1. The highest BCUT2D eigenvalue weighted by atomic mass is 16.5. The lowest BCUT2D eigenvalue weighted by Gasteiger charge is -2.19. The minimum Gasteiger partial charge on any atom is -0.481 e. The summed E-state index contributed by atoms with van der Waals surface area (Å²) in [5.41, 5.74) is 1.13. The van der Waals surface area contributed by atoms with Gasteiger partial charge in [-0.15, -0.1) is 0 Å². The van der Waals surface area contributed by atoms with Crippen molar-refractivity contribution in [3.63, 3.8) is 0 Å². The summed E-state index contributed by atoms with van der Waals surface area (Å²) in [6.07, 6.45) is 1.39. The van der Waals surface area contributed by atoms with Crippen molar-refractivity contribution in [1.29, 1.82) is 0 Å². The zero-order valence-electron chi connectivity index (χ0n) is 11.7. The van der Waals surface area contributed by atoms with Crippen molar-refractivity contribution in [2.24, 2.45) is 17.8 Å². The predicted molar refractivity (Wildman–Crippen MR) is 75.5 cm³/mol. The number of hydrogen-bond donors (Lipinski definition) is 2. The van der Waals surface area contributed by atoms with E-state index in [1.807, 2.05) is 30.3 Å². The molecule has 5 heteroatoms. The van der Waals surface area contributed by atoms with E-state index in [9.17, 15) is 9.59 Å². The van der Waals surface area contributed by atoms with Crippen LogP contribution in [-0.4, -0.2) is 30.1 Å². The number of ether oxygens (including phenoxy) is 1. The lowest BCUT2D eigenvalue weighted by molar-refractivity contribution is -0.140. The molecular formula is C16H19NO4. The number of aliphatic carboxylic acids is 1. The fraction of sp³-hybridized carbons (Fsp3) is 0.500. The number of hydrogen-bond acceptors (Lipinski definition) is 3. The van der Waals surface area contributed by atoms with Crippen LogP contribution in [-0.2, 0) is 14.3 Å². The Kier molecular flexibility index (Phi) is 3.92. The van der Waals surface area contributed by atoms with Gasteiger partial charge in [-0.25, -0.2) is 0 Å². The van der Waals surface area contributed by atoms with Crippen molar-refractivity contribution in [1.82, 2.24) is 5.32 Å². The van der Waals surface area contributed by atoms with E-state index in [0.29, 0.717) is 19.6 Å². The summed E-state index contributed by atoms with van der Waals surface area (Å²) in [6, 6.07) is 10.00. The summed E-state index contributed by atoms with van der Waals surface area (Å²) in [5, 5.41) is 11.7. The zero-order valence-corrected chi connectivity index (χ0v) is 11.7. The van der Waals surface area contributed by atoms with Crippen molar-refractivity contribution in [3.05, 3.63) is 35.9 Å². The Morgan fingerprint density at radius 1 is 1.24 bits per heavy atom. The lowest BCUT2D eigenvalue weighted by Crippen LogP contribution is -2.32. The van der Waals surface area contributed by atoms with Gasteiger partial charge in [0.15, 0.2) is 0 Å². The first-order valence-electron chi connectivity index (χ1n) is 7.34. The van der Waals surface area contributed by atoms with E-state index in [2.05, 4.69) is 5.32 Å². The van der Waals surface area contributed by atoms with E-state index < -0.39 is 11.9 Å². The monoisotopic (exact) mass is 289 g/mol. The Morgan fingerprint density at radius 2 is 2.00 bits per heavy atom. The number of carboxylic acid groups (broad SMARTS) is 1. The molecule has 1 heterocycles. The SMILES string of the molecule is O=C(O)[C@H]1C[C@H]1C(=O)NC[C@@H]1CCO[C@H]1c1ccccc1. The number of rotatable bonds is 5. The molecule has 1 aromatic carbocycles. The van der Waals surface area contributed by atoms with Crippen LogP contribution in [0.4, 0.5) is 0 Å². The molecule has 1 aliphatic heterocycles. The largest absolute Gasteiger partial charge is 0.481 e. The van der Waals surface area contributed by atoms with E-state index in [0.717, 1.165) is 12.0 Å². The molecule has 0 radical (unpaired) electrons. The lowest BCUT2D eigenvalue weighted by atomic mass is 9.95. The number of nitrogens with one attached hydrogen (secondary N) is 1. The van der Waals surface area contributed by atoms with E-state index >= 15 is 0 Å². The molecule has 0 bridgehead atoms. The minimum absolute atomic E-state index is 0.0148. The van der Waals surface area contributed by atoms with Gasteiger partial charge in [-0.05, 0) is 18.4 Å². The normalized spacial score (nSPS) is 30.9. The van der Waals surface area contributed by atoms with Crippen molar-refractivity contribution in [2.75, 3.05) is 13.2 Å². The summed E-state index contributed by atoms with van der Waals surface area (Å²) in [4.78, 5) is 22.7. The van der Waals surface area contributed by atoms with Gasteiger partial charge in [0.2, 0.25) is 5.91 Å². The van der Waals surface area contributed by atoms with Crippen LogP contribution in [0.5, 0.6) is 0 Å². The summed E-state index contributed by atoms with van der Waals surface area (Å²) >= 11 is 0. The zero-order chi connectivity index (χ0) is 14.8. The van der Waals surface area contributed by atoms with Crippen LogP contribution in [0.25, 0.3) is 0 Å². The molecule has 2 N–H and O–H groups in total. The topological polar surface area (TPSA) is 75.6 Å². The van der Waals surface area contributed by atoms with Crippen LogP contribution in [0.15, 0.2) is 30.3 Å². The molecule has 1 amide bonds. The summed E-state index contributed by atoms with van der Waals surface area (Å²) in [5.74, 6) is -1.60. The van der Waals surface area contributed by atoms with Gasteiger partial charge in [-0.2, -0.15) is 0 Å². The fourth-order valence-corrected chi connectivity index (χ4v) is 2.97. The van der Waals surface area contributed by atoms with E-state index in [1.54, 1.807) is 0 Å². The second kappa shape index (κ2) is 5.85. The maximum absolute atomic E-state index is 11.9. The maximum Gasteiger partial charge on any atom is 0.307 e. The first-order valence-corrected chi connectivity index (χ1v) is 7.34. The maximum atomic E-state index is 11.9. The van der Waals surface area contributed by atoms with Crippen molar-refractivity contribution in [3.8, 4) is 0 Å². The van der Waals surface area contributed by atoms with E-state index in [4.69, 9.17) is 9.84 Å². The molecule has 0 aromatic heterocycles. The van der Waals surface area contributed by atoms with Gasteiger partial charge in [-0.1, -0.05) is 30.3 Å². The molecule has 5 nitrogen and oxygen atoms in total. The standard InChI is InChI=1S/C16H19NO4/c18-15(12-8-13(12)16(19)20)17-9-11-6-7-21-14(11)10-4-2-1-3-5-10/h1-5,11-14H,6-9H2,(H,17,18)(H,19,20)/t11-,12+,13-,14-/m0/s1. The van der Waals surface area contributed by atoms with Gasteiger partial charge in [0.25, 0.3) is 0 Å². The fourth-order valence-electron chi connectivity index (χ4n) is 2.97. The Hall–Kier alpha value is -1.88. The van der Waals surface area contributed by atoms with Crippen molar-refractivity contribution < 1.29 is 19.4 Å². The highest BCUT2D eigenvalue weighted by molar-refractivity contribution is 5.89. The average Bonchev–Trinajstić information content (AvgIpc) is 3.17. The van der Waals surface area contributed by atoms with Gasteiger partial charge in [0.05, 0.1) is 17.9 Å². The second-order valence-corrected chi connectivity index (χ2v) is 5.78. The highest BCUT2D eigenvalue weighted by Gasteiger charge is 2.48. The third-order valence-corrected chi connectivity index (χ3v) is 4.33. The Bertz CT molecular complexity index is 530. The summed E-state index contributed by atoms with van der Waals surface area (Å²) < 4.78 is 5.77. The van der Waals surface area contributed by atoms with E-state index in [1.165, 1.54) is 0 Å². The molecule has 1 aromatic rings. The van der Waals surface area contributed by atoms with Gasteiger partial charge in [0.1, 0.15) is 0 Å². The third-order valence-electron chi connectivity index (χ3n) is 4.33. The molecule has 0 unspecified atom stereocenters. The average molecular weight is 289 g/mol. The van der Waals surface area contributed by atoms with Gasteiger partial charge in [-0.3, -0.25) is 9.59 Å². The minimum atomic E-state index is -0.874. The molecule has 1 aliphatic carbocycles. The smallest absolute Gasteiger partial charge is 0.307 e. The van der Waals surface area contributed by atoms with Crippen LogP contribution >= 0.6 is 0 Å². The van der Waals surface area contributed by atoms with Gasteiger partial charge < -0.3 is 15.2 Å². The molecule has 112 valence electrons. The van der Waals surface area contributed by atoms with Crippen LogP contribution < -0.4 is 5.32 Å². The Labute approximate surface area is 123 Å². The number of carboxylic acids is 1. The predicted octanol–water partition coefficient (Wildman–Crippen LogP) is 1.60. The quantitative estimate of drug-likeness (QED) is 0.863. The van der Waals surface area contributed by atoms with Crippen molar-refractivity contribution in [2.45, 2.75) is 18.9 Å². The molecule has 1 saturated carbocycles. The molecule has 1 saturated heterocycles. The van der Waals surface area contributed by atoms with Gasteiger partial charge >= 0.3 is 5.97 Å². The number of carbonyl (C=O) groups is 2. The summed E-state index contributed by atoms with van der Waals surface area (Å²) in [7, 11) is 0. The Morgan fingerprint density at radius 3 is 2.67 bits per heavy atom. The third kappa shape index (κ3) is 3.08. The summed E-state index contributed by atoms with van der Waals surface area (Å²) in [6.45, 7) is 1.24. The molecule has 3 rings (SSSR count). The number of benzene rings is 1. The van der Waals surface area contributed by atoms with Crippen LogP contribution in [0.2, 0.25) is 0 Å². The molecular weight excluding hydrogens is 270 g/mol. The van der Waals surface area contributed by atoms with Crippen LogP contribution in [0, 0.1) is 17.8 Å². The first-order chi connectivity index (χ1) is 10.2. The molecule has 0 spiro atoms. The number of amides is 1. The second-order valence-electron chi connectivity index (χ2n) is 5.78. The highest BCUT2D eigenvalue weighted by Crippen LogP contribution is 2.39. The van der Waals surface area contributed by atoms with Crippen LogP contribution in [0.3, 0.4) is 0 Å². The van der Waals surface area contributed by atoms with Crippen LogP contribution in [0.1, 0.15) is 24.5 Å². The Balaban J connectivity index is 1.53. The van der Waals surface area contributed by atoms with Gasteiger partial charge in [0, 0.05) is 19.1 Å².